The normalized spacial score (nSPS) is 12.4. The van der Waals surface area contributed by atoms with E-state index in [4.69, 9.17) is 4.52 Å². The Morgan fingerprint density at radius 2 is 2.08 bits per heavy atom. The standard InChI is InChI=1S/C8H11O2PS/c1-2-12-11(9)10-8-6-4-3-5-7-8/h3-7,11H,2H2,1H3. The Labute approximate surface area is 76.9 Å². The summed E-state index contributed by atoms with van der Waals surface area (Å²) in [5.74, 6) is 1.51. The maximum atomic E-state index is 11.1. The highest BCUT2D eigenvalue weighted by Gasteiger charge is 1.98. The van der Waals surface area contributed by atoms with Crippen LogP contribution < -0.4 is 4.52 Å². The molecule has 1 aromatic carbocycles. The van der Waals surface area contributed by atoms with Crippen molar-refractivity contribution in [3.8, 4) is 5.75 Å². The predicted octanol–water partition coefficient (Wildman–Crippen LogP) is 3.21. The summed E-state index contributed by atoms with van der Waals surface area (Å²) in [4.78, 5) is 0. The van der Waals surface area contributed by atoms with Gasteiger partial charge in [-0.05, 0) is 12.1 Å². The molecule has 1 rings (SSSR count). The third-order valence-corrected chi connectivity index (χ3v) is 3.96. The van der Waals surface area contributed by atoms with E-state index in [0.717, 1.165) is 5.75 Å². The third-order valence-electron chi connectivity index (χ3n) is 1.21. The fourth-order valence-electron chi connectivity index (χ4n) is 0.732. The molecule has 2 nitrogen and oxygen atoms in total. The van der Waals surface area contributed by atoms with Gasteiger partial charge in [0.2, 0.25) is 0 Å². The fraction of sp³-hybridized carbons (Fsp3) is 0.250. The van der Waals surface area contributed by atoms with E-state index in [1.807, 2.05) is 25.1 Å². The van der Waals surface area contributed by atoms with Gasteiger partial charge >= 0.3 is 0 Å². The summed E-state index contributed by atoms with van der Waals surface area (Å²) in [5, 5.41) is 0. The van der Waals surface area contributed by atoms with E-state index < -0.39 is 7.23 Å². The number of para-hydroxylation sites is 1. The zero-order valence-corrected chi connectivity index (χ0v) is 8.64. The predicted molar refractivity (Wildman–Crippen MR) is 54.2 cm³/mol. The molecular formula is C8H11O2PS. The first kappa shape index (κ1) is 9.69. The Hall–Kier alpha value is -0.400. The summed E-state index contributed by atoms with van der Waals surface area (Å²) in [5.41, 5.74) is 0. The minimum atomic E-state index is -1.93. The molecule has 0 spiro atoms. The fourth-order valence-corrected chi connectivity index (χ4v) is 2.53. The van der Waals surface area contributed by atoms with Crippen LogP contribution in [0.15, 0.2) is 30.3 Å². The molecule has 0 fully saturated rings. The molecule has 12 heavy (non-hydrogen) atoms. The first-order chi connectivity index (χ1) is 5.83. The molecule has 1 atom stereocenters. The summed E-state index contributed by atoms with van der Waals surface area (Å²) >= 11 is 1.35. The average molecular weight is 202 g/mol. The van der Waals surface area contributed by atoms with Crippen LogP contribution in [0.4, 0.5) is 0 Å². The van der Waals surface area contributed by atoms with Gasteiger partial charge in [-0.3, -0.25) is 4.57 Å². The van der Waals surface area contributed by atoms with E-state index >= 15 is 0 Å². The monoisotopic (exact) mass is 202 g/mol. The van der Waals surface area contributed by atoms with Crippen molar-refractivity contribution in [2.24, 2.45) is 0 Å². The van der Waals surface area contributed by atoms with Crippen LogP contribution in [0.3, 0.4) is 0 Å². The minimum absolute atomic E-state index is 0.683. The molecule has 1 aromatic rings. The summed E-state index contributed by atoms with van der Waals surface area (Å²) < 4.78 is 16.3. The Bertz CT molecular complexity index is 250. The lowest BCUT2D eigenvalue weighted by Gasteiger charge is -2.02. The zero-order chi connectivity index (χ0) is 8.81. The van der Waals surface area contributed by atoms with Gasteiger partial charge in [0, 0.05) is 5.75 Å². The molecule has 0 radical (unpaired) electrons. The van der Waals surface area contributed by atoms with Crippen LogP contribution >= 0.6 is 18.6 Å². The third kappa shape index (κ3) is 3.33. The van der Waals surface area contributed by atoms with Crippen molar-refractivity contribution in [2.45, 2.75) is 6.92 Å². The Morgan fingerprint density at radius 1 is 1.42 bits per heavy atom. The van der Waals surface area contributed by atoms with Crippen LogP contribution in [-0.4, -0.2) is 5.75 Å². The number of rotatable bonds is 4. The molecule has 0 aliphatic rings. The van der Waals surface area contributed by atoms with Crippen molar-refractivity contribution in [3.05, 3.63) is 30.3 Å². The van der Waals surface area contributed by atoms with Gasteiger partial charge in [-0.15, -0.1) is 0 Å². The minimum Gasteiger partial charge on any atom is -0.438 e. The van der Waals surface area contributed by atoms with E-state index in [2.05, 4.69) is 0 Å². The largest absolute Gasteiger partial charge is 0.438 e. The highest BCUT2D eigenvalue weighted by molar-refractivity contribution is 8.50. The zero-order valence-electron chi connectivity index (χ0n) is 6.82. The van der Waals surface area contributed by atoms with Crippen LogP contribution in [0.1, 0.15) is 6.92 Å². The first-order valence-electron chi connectivity index (χ1n) is 3.72. The van der Waals surface area contributed by atoms with Gasteiger partial charge in [-0.25, -0.2) is 0 Å². The van der Waals surface area contributed by atoms with E-state index in [1.165, 1.54) is 11.4 Å². The smallest absolute Gasteiger partial charge is 0.292 e. The molecule has 1 unspecified atom stereocenters. The molecule has 0 aromatic heterocycles. The quantitative estimate of drug-likeness (QED) is 0.701. The van der Waals surface area contributed by atoms with Gasteiger partial charge in [-0.1, -0.05) is 36.5 Å². The van der Waals surface area contributed by atoms with E-state index in [1.54, 1.807) is 12.1 Å². The van der Waals surface area contributed by atoms with Crippen molar-refractivity contribution in [2.75, 3.05) is 5.75 Å². The van der Waals surface area contributed by atoms with Crippen molar-refractivity contribution in [1.29, 1.82) is 0 Å². The van der Waals surface area contributed by atoms with Gasteiger partial charge < -0.3 is 4.52 Å². The van der Waals surface area contributed by atoms with Crippen molar-refractivity contribution in [3.63, 3.8) is 0 Å². The molecule has 0 saturated carbocycles. The maximum Gasteiger partial charge on any atom is 0.292 e. The lowest BCUT2D eigenvalue weighted by atomic mass is 10.3. The highest BCUT2D eigenvalue weighted by atomic mass is 32.7. The highest BCUT2D eigenvalue weighted by Crippen LogP contribution is 2.39. The van der Waals surface area contributed by atoms with Gasteiger partial charge in [0.15, 0.2) is 0 Å². The number of hydrogen-bond acceptors (Lipinski definition) is 3. The molecule has 0 aliphatic heterocycles. The summed E-state index contributed by atoms with van der Waals surface area (Å²) in [6, 6.07) is 9.23. The Balaban J connectivity index is 2.47. The molecule has 0 heterocycles. The lowest BCUT2D eigenvalue weighted by Crippen LogP contribution is -1.77. The maximum absolute atomic E-state index is 11.1. The van der Waals surface area contributed by atoms with Crippen LogP contribution in [0.25, 0.3) is 0 Å². The molecule has 0 bridgehead atoms. The summed E-state index contributed by atoms with van der Waals surface area (Å²) in [6.07, 6.45) is 0. The van der Waals surface area contributed by atoms with Crippen LogP contribution in [0, 0.1) is 0 Å². The van der Waals surface area contributed by atoms with Crippen LogP contribution in [0.5, 0.6) is 5.75 Å². The molecule has 4 heteroatoms. The van der Waals surface area contributed by atoms with Gasteiger partial charge in [0.05, 0.1) is 0 Å². The van der Waals surface area contributed by atoms with Crippen LogP contribution in [-0.2, 0) is 4.57 Å². The second-order valence-corrected chi connectivity index (χ2v) is 5.53. The van der Waals surface area contributed by atoms with Gasteiger partial charge in [0.1, 0.15) is 5.75 Å². The van der Waals surface area contributed by atoms with Crippen molar-refractivity contribution >= 4 is 18.6 Å². The summed E-state index contributed by atoms with van der Waals surface area (Å²) in [7, 11) is -1.93. The van der Waals surface area contributed by atoms with Crippen molar-refractivity contribution in [1.82, 2.24) is 0 Å². The molecule has 0 N–H and O–H groups in total. The second-order valence-electron chi connectivity index (χ2n) is 2.10. The number of hydrogen-bond donors (Lipinski definition) is 0. The van der Waals surface area contributed by atoms with E-state index in [-0.39, 0.29) is 0 Å². The van der Waals surface area contributed by atoms with E-state index in [9.17, 15) is 4.57 Å². The summed E-state index contributed by atoms with van der Waals surface area (Å²) in [6.45, 7) is 1.96. The van der Waals surface area contributed by atoms with Gasteiger partial charge in [-0.2, -0.15) is 0 Å². The Morgan fingerprint density at radius 3 is 2.67 bits per heavy atom. The molecule has 0 aliphatic carbocycles. The second kappa shape index (κ2) is 5.28. The number of benzene rings is 1. The average Bonchev–Trinajstić information content (AvgIpc) is 2.06. The first-order valence-corrected chi connectivity index (χ1v) is 6.75. The molecular weight excluding hydrogens is 191 g/mol. The SMILES string of the molecule is CCS[PH](=O)Oc1ccccc1. The van der Waals surface area contributed by atoms with E-state index in [0.29, 0.717) is 5.75 Å². The molecule has 66 valence electrons. The lowest BCUT2D eigenvalue weighted by molar-refractivity contribution is 0.520. The Kier molecular flexibility index (Phi) is 4.26. The van der Waals surface area contributed by atoms with Gasteiger partial charge in [0.25, 0.3) is 7.23 Å². The van der Waals surface area contributed by atoms with Crippen molar-refractivity contribution < 1.29 is 9.09 Å². The molecule has 0 saturated heterocycles. The van der Waals surface area contributed by atoms with Crippen LogP contribution in [0.2, 0.25) is 0 Å². The molecule has 0 amide bonds. The topological polar surface area (TPSA) is 26.3 Å².